The molecule has 0 atom stereocenters. The van der Waals surface area contributed by atoms with Crippen LogP contribution in [0.15, 0.2) is 70.5 Å². The molecule has 0 fully saturated rings. The summed E-state index contributed by atoms with van der Waals surface area (Å²) in [6.45, 7) is 0.302. The van der Waals surface area contributed by atoms with Gasteiger partial charge in [0.2, 0.25) is 0 Å². The quantitative estimate of drug-likeness (QED) is 0.604. The van der Waals surface area contributed by atoms with Crippen molar-refractivity contribution in [3.63, 3.8) is 0 Å². The molecule has 8 heteroatoms. The minimum atomic E-state index is -0.601. The van der Waals surface area contributed by atoms with Crippen LogP contribution in [0.25, 0.3) is 0 Å². The van der Waals surface area contributed by atoms with Crippen molar-refractivity contribution in [1.82, 2.24) is 4.57 Å². The van der Waals surface area contributed by atoms with Gasteiger partial charge in [-0.2, -0.15) is 0 Å². The van der Waals surface area contributed by atoms with E-state index < -0.39 is 11.9 Å². The largest absolute Gasteiger partial charge is 0.465 e. The van der Waals surface area contributed by atoms with Gasteiger partial charge in [0.05, 0.1) is 32.0 Å². The fourth-order valence-electron chi connectivity index (χ4n) is 2.56. The fourth-order valence-corrected chi connectivity index (χ4v) is 3.50. The van der Waals surface area contributed by atoms with E-state index in [9.17, 15) is 14.4 Å². The Kier molecular flexibility index (Phi) is 6.36. The highest BCUT2D eigenvalue weighted by Crippen LogP contribution is 2.14. The van der Waals surface area contributed by atoms with Gasteiger partial charge in [-0.1, -0.05) is 41.7 Å². The van der Waals surface area contributed by atoms with E-state index in [4.69, 9.17) is 4.74 Å². The van der Waals surface area contributed by atoms with E-state index in [1.807, 2.05) is 30.3 Å². The summed E-state index contributed by atoms with van der Waals surface area (Å²) in [5.41, 5.74) is 1.47. The first-order valence-electron chi connectivity index (χ1n) is 8.62. The Morgan fingerprint density at radius 2 is 1.62 bits per heavy atom. The van der Waals surface area contributed by atoms with E-state index in [0.29, 0.717) is 22.6 Å². The number of methoxy groups -OCH3 is 2. The van der Waals surface area contributed by atoms with Crippen LogP contribution in [0, 0.1) is 0 Å². The average molecular weight is 410 g/mol. The lowest BCUT2D eigenvalue weighted by Crippen LogP contribution is -2.33. The van der Waals surface area contributed by atoms with Gasteiger partial charge in [-0.15, -0.1) is 0 Å². The number of rotatable bonds is 5. The number of ether oxygens (including phenoxy) is 2. The monoisotopic (exact) mass is 410 g/mol. The van der Waals surface area contributed by atoms with Gasteiger partial charge >= 0.3 is 11.9 Å². The third-order valence-electron chi connectivity index (χ3n) is 4.04. The molecule has 29 heavy (non-hydrogen) atoms. The van der Waals surface area contributed by atoms with E-state index in [-0.39, 0.29) is 10.4 Å². The lowest BCUT2D eigenvalue weighted by Gasteiger charge is -2.08. The van der Waals surface area contributed by atoms with Crippen LogP contribution in [0.5, 0.6) is 0 Å². The highest BCUT2D eigenvalue weighted by atomic mass is 32.1. The number of carbonyl (C=O) groups excluding carboxylic acids is 2. The van der Waals surface area contributed by atoms with Gasteiger partial charge in [0.25, 0.3) is 5.56 Å². The van der Waals surface area contributed by atoms with Crippen LogP contribution in [-0.2, 0) is 16.0 Å². The average Bonchev–Trinajstić information content (AvgIpc) is 2.76. The van der Waals surface area contributed by atoms with Crippen LogP contribution in [-0.4, -0.2) is 30.7 Å². The molecule has 2 aromatic carbocycles. The van der Waals surface area contributed by atoms with Crippen molar-refractivity contribution >= 4 is 29.0 Å². The molecule has 0 saturated heterocycles. The van der Waals surface area contributed by atoms with Gasteiger partial charge in [0.15, 0.2) is 4.80 Å². The second kappa shape index (κ2) is 9.11. The molecule has 3 aromatic rings. The second-order valence-corrected chi connectivity index (χ2v) is 6.95. The molecule has 0 aliphatic heterocycles. The Balaban J connectivity index is 2.12. The van der Waals surface area contributed by atoms with Gasteiger partial charge in [-0.05, 0) is 29.8 Å². The maximum atomic E-state index is 12.7. The molecule has 1 aromatic heterocycles. The van der Waals surface area contributed by atoms with Gasteiger partial charge in [-0.25, -0.2) is 14.6 Å². The zero-order valence-corrected chi connectivity index (χ0v) is 16.6. The summed E-state index contributed by atoms with van der Waals surface area (Å²) in [6.07, 6.45) is 0. The van der Waals surface area contributed by atoms with Gasteiger partial charge in [0.1, 0.15) is 4.88 Å². The Morgan fingerprint density at radius 1 is 0.966 bits per heavy atom. The second-order valence-electron chi connectivity index (χ2n) is 5.95. The van der Waals surface area contributed by atoms with Crippen molar-refractivity contribution in [2.45, 2.75) is 6.54 Å². The first-order valence-corrected chi connectivity index (χ1v) is 9.44. The summed E-state index contributed by atoms with van der Waals surface area (Å²) < 4.78 is 10.9. The molecule has 7 nitrogen and oxygen atoms in total. The van der Waals surface area contributed by atoms with Crippen molar-refractivity contribution in [2.24, 2.45) is 4.99 Å². The summed E-state index contributed by atoms with van der Waals surface area (Å²) in [5.74, 6) is -1.05. The van der Waals surface area contributed by atoms with Crippen LogP contribution >= 0.6 is 11.3 Å². The minimum Gasteiger partial charge on any atom is -0.465 e. The van der Waals surface area contributed by atoms with Crippen LogP contribution in [0.4, 0.5) is 5.69 Å². The molecule has 0 aliphatic rings. The highest BCUT2D eigenvalue weighted by molar-refractivity contribution is 7.11. The van der Waals surface area contributed by atoms with E-state index in [0.717, 1.165) is 16.9 Å². The predicted molar refractivity (Wildman–Crippen MR) is 108 cm³/mol. The van der Waals surface area contributed by atoms with E-state index in [1.54, 1.807) is 24.3 Å². The first-order chi connectivity index (χ1) is 14.0. The summed E-state index contributed by atoms with van der Waals surface area (Å²) in [7, 11) is 2.57. The van der Waals surface area contributed by atoms with E-state index in [2.05, 4.69) is 9.73 Å². The topological polar surface area (TPSA) is 87.0 Å². The fraction of sp³-hybridized carbons (Fsp3) is 0.143. The maximum absolute atomic E-state index is 12.7. The number of hydrogen-bond donors (Lipinski definition) is 0. The van der Waals surface area contributed by atoms with Crippen molar-refractivity contribution in [1.29, 1.82) is 0 Å². The molecule has 3 rings (SSSR count). The Labute approximate surface area is 170 Å². The SMILES string of the molecule is COC(=O)c1ccc(N=c2sc(C(=O)OC)cc(=O)n2Cc2ccccc2)cc1. The minimum absolute atomic E-state index is 0.159. The molecule has 0 radical (unpaired) electrons. The van der Waals surface area contributed by atoms with Crippen molar-refractivity contribution in [3.05, 3.63) is 91.8 Å². The normalized spacial score (nSPS) is 11.2. The molecule has 0 spiro atoms. The lowest BCUT2D eigenvalue weighted by molar-refractivity contribution is 0.0594. The molecule has 0 unspecified atom stereocenters. The first kappa shape index (κ1) is 20.2. The predicted octanol–water partition coefficient (Wildman–Crippen LogP) is 2.76. The standard InChI is InChI=1S/C21H18N2O5S/c1-27-19(25)15-8-10-16(11-9-15)22-21-23(13-14-6-4-3-5-7-14)18(24)12-17(29-21)20(26)28-2/h3-12H,13H2,1-2H3. The number of hydrogen-bond acceptors (Lipinski definition) is 7. The molecule has 0 bridgehead atoms. The van der Waals surface area contributed by atoms with Gasteiger partial charge < -0.3 is 9.47 Å². The third-order valence-corrected chi connectivity index (χ3v) is 5.03. The molecule has 0 amide bonds. The molecule has 0 saturated carbocycles. The van der Waals surface area contributed by atoms with Gasteiger partial charge in [-0.3, -0.25) is 9.36 Å². The number of benzene rings is 2. The van der Waals surface area contributed by atoms with Crippen molar-refractivity contribution < 1.29 is 19.1 Å². The zero-order chi connectivity index (χ0) is 20.8. The number of carbonyl (C=O) groups is 2. The van der Waals surface area contributed by atoms with E-state index >= 15 is 0 Å². The smallest absolute Gasteiger partial charge is 0.348 e. The summed E-state index contributed by atoms with van der Waals surface area (Å²) in [4.78, 5) is 41.3. The zero-order valence-electron chi connectivity index (χ0n) is 15.8. The summed E-state index contributed by atoms with van der Waals surface area (Å²) >= 11 is 1.06. The van der Waals surface area contributed by atoms with Gasteiger partial charge in [0, 0.05) is 6.07 Å². The number of esters is 2. The summed E-state index contributed by atoms with van der Waals surface area (Å²) in [5, 5.41) is 0. The third kappa shape index (κ3) is 4.85. The van der Waals surface area contributed by atoms with Crippen LogP contribution in [0.1, 0.15) is 25.6 Å². The van der Waals surface area contributed by atoms with E-state index in [1.165, 1.54) is 24.9 Å². The molecular weight excluding hydrogens is 392 g/mol. The maximum Gasteiger partial charge on any atom is 0.348 e. The molecule has 0 aliphatic carbocycles. The number of aromatic nitrogens is 1. The van der Waals surface area contributed by atoms with Crippen molar-refractivity contribution in [3.8, 4) is 0 Å². The van der Waals surface area contributed by atoms with Crippen LogP contribution in [0.2, 0.25) is 0 Å². The summed E-state index contributed by atoms with van der Waals surface area (Å²) in [6, 6.07) is 17.2. The molecule has 0 N–H and O–H groups in total. The molecule has 148 valence electrons. The van der Waals surface area contributed by atoms with Crippen LogP contribution < -0.4 is 10.4 Å². The van der Waals surface area contributed by atoms with Crippen LogP contribution in [0.3, 0.4) is 0 Å². The highest BCUT2D eigenvalue weighted by Gasteiger charge is 2.12. The van der Waals surface area contributed by atoms with Crippen molar-refractivity contribution in [2.75, 3.05) is 14.2 Å². The molecular formula is C21H18N2O5S. The number of nitrogens with zero attached hydrogens (tertiary/aromatic N) is 2. The lowest BCUT2D eigenvalue weighted by atomic mass is 10.2. The Hall–Kier alpha value is -3.52. The Bertz CT molecular complexity index is 1150. The molecule has 1 heterocycles. The Morgan fingerprint density at radius 3 is 2.24 bits per heavy atom.